The number of hydrogen-bond donors (Lipinski definition) is 0. The Morgan fingerprint density at radius 1 is 1.59 bits per heavy atom. The number of rotatable bonds is 2. The summed E-state index contributed by atoms with van der Waals surface area (Å²) in [5, 5.41) is 8.95. The van der Waals surface area contributed by atoms with Crippen molar-refractivity contribution in [1.29, 1.82) is 5.26 Å². The number of hydrogen-bond acceptors (Lipinski definition) is 2. The number of amides is 1. The van der Waals surface area contributed by atoms with Crippen molar-refractivity contribution in [3.8, 4) is 6.07 Å². The largest absolute Gasteiger partial charge is 0.311 e. The molecule has 0 aromatic heterocycles. The molecule has 0 N–H and O–H groups in total. The Bertz CT molecular complexity index is 498. The highest BCUT2D eigenvalue weighted by atomic mass is 79.9. The molecule has 1 amide bonds. The van der Waals surface area contributed by atoms with Crippen molar-refractivity contribution >= 4 is 39.1 Å². The lowest BCUT2D eigenvalue weighted by Gasteiger charge is -2.18. The number of carbonyl (C=O) groups excluding carboxylic acids is 1. The standard InChI is InChI=1S/C12H10BrClN2O/c13-12-9(6-15)2-1-3-10(12)16-7-8(5-14)4-11(16)17/h1-3,8H,4-5,7H2. The molecule has 0 bridgehead atoms. The molecule has 1 fully saturated rings. The summed E-state index contributed by atoms with van der Waals surface area (Å²) in [6, 6.07) is 7.41. The van der Waals surface area contributed by atoms with Gasteiger partial charge in [-0.05, 0) is 34.0 Å². The first-order valence-electron chi connectivity index (χ1n) is 5.22. The summed E-state index contributed by atoms with van der Waals surface area (Å²) in [6.45, 7) is 0.621. The predicted molar refractivity (Wildman–Crippen MR) is 70.0 cm³/mol. The second-order valence-corrected chi connectivity index (χ2v) is 5.08. The molecule has 1 atom stereocenters. The molecule has 1 aliphatic heterocycles. The third kappa shape index (κ3) is 2.31. The minimum atomic E-state index is 0.0615. The Hall–Kier alpha value is -1.05. The van der Waals surface area contributed by atoms with Gasteiger partial charge in [-0.1, -0.05) is 6.07 Å². The average Bonchev–Trinajstić information content (AvgIpc) is 2.71. The van der Waals surface area contributed by atoms with Gasteiger partial charge >= 0.3 is 0 Å². The number of halogens is 2. The predicted octanol–water partition coefficient (Wildman–Crippen LogP) is 2.91. The van der Waals surface area contributed by atoms with Crippen LogP contribution in [-0.2, 0) is 4.79 Å². The number of nitriles is 1. The molecule has 0 aliphatic carbocycles. The topological polar surface area (TPSA) is 44.1 Å². The second-order valence-electron chi connectivity index (χ2n) is 3.98. The monoisotopic (exact) mass is 312 g/mol. The molecule has 5 heteroatoms. The molecule has 3 nitrogen and oxygen atoms in total. The van der Waals surface area contributed by atoms with Crippen LogP contribution in [-0.4, -0.2) is 18.3 Å². The molecular formula is C12H10BrClN2O. The van der Waals surface area contributed by atoms with Crippen LogP contribution >= 0.6 is 27.5 Å². The Morgan fingerprint density at radius 2 is 2.35 bits per heavy atom. The van der Waals surface area contributed by atoms with E-state index in [1.807, 2.05) is 6.07 Å². The molecule has 0 radical (unpaired) electrons. The Labute approximate surface area is 113 Å². The fourth-order valence-corrected chi connectivity index (χ4v) is 2.71. The molecule has 1 saturated heterocycles. The molecule has 2 rings (SSSR count). The summed E-state index contributed by atoms with van der Waals surface area (Å²) in [5.41, 5.74) is 1.28. The van der Waals surface area contributed by atoms with Gasteiger partial charge in [0.1, 0.15) is 6.07 Å². The van der Waals surface area contributed by atoms with Crippen LogP contribution in [0.3, 0.4) is 0 Å². The highest BCUT2D eigenvalue weighted by molar-refractivity contribution is 9.10. The first-order valence-corrected chi connectivity index (χ1v) is 6.55. The Balaban J connectivity index is 2.36. The number of carbonyl (C=O) groups is 1. The van der Waals surface area contributed by atoms with Gasteiger partial charge in [0, 0.05) is 18.8 Å². The Kier molecular flexibility index (Phi) is 3.70. The molecule has 88 valence electrons. The molecule has 1 aromatic rings. The summed E-state index contributed by atoms with van der Waals surface area (Å²) in [7, 11) is 0. The smallest absolute Gasteiger partial charge is 0.227 e. The van der Waals surface area contributed by atoms with Crippen LogP contribution in [0.1, 0.15) is 12.0 Å². The van der Waals surface area contributed by atoms with Crippen LogP contribution in [0.15, 0.2) is 22.7 Å². The third-order valence-corrected chi connectivity index (χ3v) is 4.08. The van der Waals surface area contributed by atoms with E-state index < -0.39 is 0 Å². The van der Waals surface area contributed by atoms with Gasteiger partial charge in [-0.2, -0.15) is 5.26 Å². The van der Waals surface area contributed by atoms with Crippen molar-refractivity contribution in [3.05, 3.63) is 28.2 Å². The zero-order valence-electron chi connectivity index (χ0n) is 8.99. The van der Waals surface area contributed by atoms with Crippen LogP contribution in [0, 0.1) is 17.2 Å². The lowest BCUT2D eigenvalue weighted by molar-refractivity contribution is -0.117. The lowest BCUT2D eigenvalue weighted by atomic mass is 10.1. The molecule has 1 unspecified atom stereocenters. The van der Waals surface area contributed by atoms with E-state index in [-0.39, 0.29) is 11.8 Å². The summed E-state index contributed by atoms with van der Waals surface area (Å²) < 4.78 is 0.672. The van der Waals surface area contributed by atoms with E-state index in [1.54, 1.807) is 17.0 Å². The van der Waals surface area contributed by atoms with Crippen molar-refractivity contribution in [3.63, 3.8) is 0 Å². The van der Waals surface area contributed by atoms with Crippen molar-refractivity contribution in [2.75, 3.05) is 17.3 Å². The highest BCUT2D eigenvalue weighted by Crippen LogP contribution is 2.33. The summed E-state index contributed by atoms with van der Waals surface area (Å²) in [5.74, 6) is 0.742. The third-order valence-electron chi connectivity index (χ3n) is 2.81. The molecule has 17 heavy (non-hydrogen) atoms. The fourth-order valence-electron chi connectivity index (χ4n) is 1.93. The van der Waals surface area contributed by atoms with Crippen molar-refractivity contribution < 1.29 is 4.79 Å². The first-order chi connectivity index (χ1) is 8.17. The molecular weight excluding hydrogens is 304 g/mol. The van der Waals surface area contributed by atoms with Crippen molar-refractivity contribution in [2.45, 2.75) is 6.42 Å². The number of anilines is 1. The fraction of sp³-hybridized carbons (Fsp3) is 0.333. The van der Waals surface area contributed by atoms with E-state index in [0.29, 0.717) is 28.9 Å². The zero-order valence-corrected chi connectivity index (χ0v) is 11.3. The van der Waals surface area contributed by atoms with E-state index in [4.69, 9.17) is 16.9 Å². The number of benzene rings is 1. The molecule has 1 aromatic carbocycles. The van der Waals surface area contributed by atoms with Gasteiger partial charge < -0.3 is 4.90 Å². The van der Waals surface area contributed by atoms with E-state index in [0.717, 1.165) is 5.69 Å². The van der Waals surface area contributed by atoms with Crippen LogP contribution in [0.5, 0.6) is 0 Å². The van der Waals surface area contributed by atoms with Gasteiger partial charge in [0.25, 0.3) is 0 Å². The van der Waals surface area contributed by atoms with Crippen LogP contribution in [0.4, 0.5) is 5.69 Å². The maximum atomic E-state index is 11.9. The molecule has 1 aliphatic rings. The van der Waals surface area contributed by atoms with E-state index in [9.17, 15) is 4.79 Å². The quantitative estimate of drug-likeness (QED) is 0.788. The normalized spacial score (nSPS) is 19.5. The average molecular weight is 314 g/mol. The zero-order chi connectivity index (χ0) is 12.4. The summed E-state index contributed by atoms with van der Waals surface area (Å²) in [4.78, 5) is 13.6. The molecule has 0 saturated carbocycles. The van der Waals surface area contributed by atoms with Crippen LogP contribution in [0.25, 0.3) is 0 Å². The van der Waals surface area contributed by atoms with Gasteiger partial charge in [-0.3, -0.25) is 4.79 Å². The van der Waals surface area contributed by atoms with Gasteiger partial charge in [0.05, 0.1) is 15.7 Å². The van der Waals surface area contributed by atoms with Crippen molar-refractivity contribution in [2.24, 2.45) is 5.92 Å². The maximum Gasteiger partial charge on any atom is 0.227 e. The van der Waals surface area contributed by atoms with Gasteiger partial charge in [0.15, 0.2) is 0 Å². The van der Waals surface area contributed by atoms with Gasteiger partial charge in [0.2, 0.25) is 5.91 Å². The Morgan fingerprint density at radius 3 is 2.94 bits per heavy atom. The molecule has 0 spiro atoms. The number of alkyl halides is 1. The lowest BCUT2D eigenvalue weighted by Crippen LogP contribution is -2.25. The maximum absolute atomic E-state index is 11.9. The minimum Gasteiger partial charge on any atom is -0.311 e. The van der Waals surface area contributed by atoms with E-state index >= 15 is 0 Å². The SMILES string of the molecule is N#Cc1cccc(N2CC(CCl)CC2=O)c1Br. The van der Waals surface area contributed by atoms with Gasteiger partial charge in [-0.25, -0.2) is 0 Å². The number of nitrogens with zero attached hydrogens (tertiary/aromatic N) is 2. The van der Waals surface area contributed by atoms with Crippen LogP contribution in [0.2, 0.25) is 0 Å². The first kappa shape index (κ1) is 12.4. The molecule has 1 heterocycles. The summed E-state index contributed by atoms with van der Waals surface area (Å²) in [6.07, 6.45) is 0.479. The summed E-state index contributed by atoms with van der Waals surface area (Å²) >= 11 is 9.15. The second kappa shape index (κ2) is 5.07. The highest BCUT2D eigenvalue weighted by Gasteiger charge is 2.31. The minimum absolute atomic E-state index is 0.0615. The van der Waals surface area contributed by atoms with Crippen LogP contribution < -0.4 is 4.90 Å². The van der Waals surface area contributed by atoms with E-state index in [1.165, 1.54) is 0 Å². The van der Waals surface area contributed by atoms with E-state index in [2.05, 4.69) is 22.0 Å². The van der Waals surface area contributed by atoms with Crippen molar-refractivity contribution in [1.82, 2.24) is 0 Å². The van der Waals surface area contributed by atoms with Gasteiger partial charge in [-0.15, -0.1) is 11.6 Å².